The number of hydrogen-bond donors (Lipinski definition) is 3. The Balaban J connectivity index is 2.10. The lowest BCUT2D eigenvalue weighted by molar-refractivity contribution is -0.383. The quantitative estimate of drug-likeness (QED) is 0.545. The van der Waals surface area contributed by atoms with Crippen molar-refractivity contribution in [2.75, 3.05) is 31.2 Å². The number of fused-ring (bicyclic) bond motifs is 1. The number of aromatic amines is 1. The number of nitro groups is 1. The minimum atomic E-state index is -1.14. The second-order valence-corrected chi connectivity index (χ2v) is 5.67. The molecule has 0 amide bonds. The van der Waals surface area contributed by atoms with Crippen molar-refractivity contribution in [3.63, 3.8) is 0 Å². The van der Waals surface area contributed by atoms with Gasteiger partial charge in [0, 0.05) is 31.8 Å². The van der Waals surface area contributed by atoms with Crippen LogP contribution < -0.4 is 10.6 Å². The van der Waals surface area contributed by atoms with Crippen LogP contribution in [0.2, 0.25) is 0 Å². The van der Waals surface area contributed by atoms with E-state index in [-0.39, 0.29) is 12.1 Å². The van der Waals surface area contributed by atoms with E-state index >= 15 is 0 Å². The minimum absolute atomic E-state index is 0.0166. The van der Waals surface area contributed by atoms with Crippen molar-refractivity contribution in [2.45, 2.75) is 12.5 Å². The highest BCUT2D eigenvalue weighted by molar-refractivity contribution is 6.00. The van der Waals surface area contributed by atoms with Crippen molar-refractivity contribution < 1.29 is 19.6 Å². The van der Waals surface area contributed by atoms with Gasteiger partial charge in [0.25, 0.3) is 5.69 Å². The first-order valence-corrected chi connectivity index (χ1v) is 7.57. The molecule has 1 saturated heterocycles. The third-order valence-corrected chi connectivity index (χ3v) is 4.18. The molecule has 9 heteroatoms. The van der Waals surface area contributed by atoms with Gasteiger partial charge in [-0.3, -0.25) is 14.9 Å². The number of anilines is 1. The number of aromatic nitrogens is 1. The molecule has 1 aliphatic rings. The molecule has 3 rings (SSSR count). The number of nitrogens with one attached hydrogen (secondary N) is 1. The van der Waals surface area contributed by atoms with E-state index in [2.05, 4.69) is 9.88 Å². The van der Waals surface area contributed by atoms with Crippen molar-refractivity contribution in [3.8, 4) is 0 Å². The van der Waals surface area contributed by atoms with Crippen LogP contribution >= 0.6 is 0 Å². The number of carboxylic acids is 1. The van der Waals surface area contributed by atoms with Gasteiger partial charge in [0.15, 0.2) is 0 Å². The summed E-state index contributed by atoms with van der Waals surface area (Å²) >= 11 is 0. The Morgan fingerprint density at radius 1 is 1.46 bits per heavy atom. The highest BCUT2D eigenvalue weighted by Crippen LogP contribution is 2.36. The molecule has 2 heterocycles. The second kappa shape index (κ2) is 6.46. The summed E-state index contributed by atoms with van der Waals surface area (Å²) in [6.07, 6.45) is 1.62. The molecule has 0 radical (unpaired) electrons. The molecular formula is C15H18N4O5. The molecule has 0 spiro atoms. The van der Waals surface area contributed by atoms with Gasteiger partial charge >= 0.3 is 5.97 Å². The van der Waals surface area contributed by atoms with Crippen molar-refractivity contribution in [2.24, 2.45) is 5.73 Å². The Morgan fingerprint density at radius 3 is 2.79 bits per heavy atom. The van der Waals surface area contributed by atoms with Crippen LogP contribution in [0.4, 0.5) is 11.4 Å². The summed E-state index contributed by atoms with van der Waals surface area (Å²) in [5.41, 5.74) is 7.53. The highest BCUT2D eigenvalue weighted by Gasteiger charge is 2.24. The molecule has 0 aliphatic carbocycles. The number of carboxylic acid groups (broad SMARTS) is 1. The summed E-state index contributed by atoms with van der Waals surface area (Å²) in [5.74, 6) is -1.14. The van der Waals surface area contributed by atoms with E-state index in [4.69, 9.17) is 15.6 Å². The van der Waals surface area contributed by atoms with Crippen LogP contribution in [0.15, 0.2) is 18.3 Å². The van der Waals surface area contributed by atoms with E-state index in [0.717, 1.165) is 5.69 Å². The van der Waals surface area contributed by atoms with Crippen LogP contribution in [0.1, 0.15) is 5.56 Å². The number of hydrogen-bond acceptors (Lipinski definition) is 6. The van der Waals surface area contributed by atoms with Gasteiger partial charge < -0.3 is 25.5 Å². The van der Waals surface area contributed by atoms with Crippen LogP contribution in [0.25, 0.3) is 10.9 Å². The fourth-order valence-corrected chi connectivity index (χ4v) is 2.99. The number of carbonyl (C=O) groups is 1. The predicted molar refractivity (Wildman–Crippen MR) is 87.3 cm³/mol. The van der Waals surface area contributed by atoms with Crippen LogP contribution in [0, 0.1) is 10.1 Å². The first-order valence-electron chi connectivity index (χ1n) is 7.57. The lowest BCUT2D eigenvalue weighted by Gasteiger charge is -2.29. The Hall–Kier alpha value is -2.65. The van der Waals surface area contributed by atoms with Gasteiger partial charge in [0.2, 0.25) is 0 Å². The molecule has 4 N–H and O–H groups in total. The maximum Gasteiger partial charge on any atom is 0.320 e. The molecule has 2 aromatic rings. The number of nitrogens with two attached hydrogens (primary N) is 1. The van der Waals surface area contributed by atoms with E-state index in [0.29, 0.717) is 42.8 Å². The molecule has 1 aromatic heterocycles. The van der Waals surface area contributed by atoms with Gasteiger partial charge in [-0.05, 0) is 11.6 Å². The lowest BCUT2D eigenvalue weighted by atomic mass is 10.0. The zero-order chi connectivity index (χ0) is 17.3. The second-order valence-electron chi connectivity index (χ2n) is 5.67. The molecule has 1 unspecified atom stereocenters. The van der Waals surface area contributed by atoms with E-state index in [1.54, 1.807) is 12.3 Å². The molecule has 1 aromatic carbocycles. The molecule has 0 saturated carbocycles. The summed E-state index contributed by atoms with van der Waals surface area (Å²) < 4.78 is 5.34. The summed E-state index contributed by atoms with van der Waals surface area (Å²) in [4.78, 5) is 27.1. The molecule has 1 atom stereocenters. The SMILES string of the molecule is NC(Cc1c[nH]c2c(N3CCOCC3)ccc([N+](=O)[O-])c12)C(=O)O. The summed E-state index contributed by atoms with van der Waals surface area (Å²) in [7, 11) is 0. The third-order valence-electron chi connectivity index (χ3n) is 4.18. The molecule has 24 heavy (non-hydrogen) atoms. The monoisotopic (exact) mass is 334 g/mol. The van der Waals surface area contributed by atoms with E-state index in [1.807, 2.05) is 0 Å². The number of morpholine rings is 1. The summed E-state index contributed by atoms with van der Waals surface area (Å²) in [6.45, 7) is 2.57. The first-order chi connectivity index (χ1) is 11.5. The smallest absolute Gasteiger partial charge is 0.320 e. The van der Waals surface area contributed by atoms with Crippen molar-refractivity contribution in [3.05, 3.63) is 34.0 Å². The van der Waals surface area contributed by atoms with Gasteiger partial charge in [0.1, 0.15) is 6.04 Å². The maximum absolute atomic E-state index is 11.4. The topological polar surface area (TPSA) is 135 Å². The molecule has 1 aliphatic heterocycles. The minimum Gasteiger partial charge on any atom is -0.480 e. The number of aliphatic carboxylic acids is 1. The van der Waals surface area contributed by atoms with Crippen LogP contribution in [0.5, 0.6) is 0 Å². The van der Waals surface area contributed by atoms with Gasteiger partial charge in [0.05, 0.1) is 34.7 Å². The number of ether oxygens (including phenoxy) is 1. The average molecular weight is 334 g/mol. The van der Waals surface area contributed by atoms with E-state index < -0.39 is 16.9 Å². The summed E-state index contributed by atoms with van der Waals surface area (Å²) in [6, 6.07) is 2.05. The zero-order valence-corrected chi connectivity index (χ0v) is 12.9. The van der Waals surface area contributed by atoms with E-state index in [9.17, 15) is 14.9 Å². The van der Waals surface area contributed by atoms with Crippen LogP contribution in [-0.2, 0) is 16.0 Å². The Labute approximate surface area is 137 Å². The zero-order valence-electron chi connectivity index (χ0n) is 12.9. The van der Waals surface area contributed by atoms with Crippen LogP contribution in [-0.4, -0.2) is 53.3 Å². The van der Waals surface area contributed by atoms with Gasteiger partial charge in [-0.1, -0.05) is 0 Å². The molecule has 0 bridgehead atoms. The van der Waals surface area contributed by atoms with Crippen molar-refractivity contribution >= 4 is 28.2 Å². The summed E-state index contributed by atoms with van der Waals surface area (Å²) in [5, 5.41) is 20.8. The Bertz CT molecular complexity index is 782. The third kappa shape index (κ3) is 2.91. The molecule has 128 valence electrons. The Kier molecular flexibility index (Phi) is 4.36. The standard InChI is InChI=1S/C15H18N4O5/c16-10(15(20)21)7-9-8-17-14-12(18-3-5-24-6-4-18)2-1-11(13(9)14)19(22)23/h1-2,8,10,17H,3-7,16H2,(H,20,21). The van der Waals surface area contributed by atoms with Crippen molar-refractivity contribution in [1.82, 2.24) is 4.98 Å². The van der Waals surface area contributed by atoms with E-state index in [1.165, 1.54) is 6.07 Å². The number of rotatable bonds is 5. The van der Waals surface area contributed by atoms with Crippen LogP contribution in [0.3, 0.4) is 0 Å². The van der Waals surface area contributed by atoms with Gasteiger partial charge in [-0.2, -0.15) is 0 Å². The molecular weight excluding hydrogens is 316 g/mol. The number of nitro benzene ring substituents is 1. The fraction of sp³-hybridized carbons (Fsp3) is 0.400. The number of benzene rings is 1. The number of non-ortho nitro benzene ring substituents is 1. The molecule has 9 nitrogen and oxygen atoms in total. The first kappa shape index (κ1) is 16.2. The highest BCUT2D eigenvalue weighted by atomic mass is 16.6. The molecule has 1 fully saturated rings. The Morgan fingerprint density at radius 2 is 2.17 bits per heavy atom. The fourth-order valence-electron chi connectivity index (χ4n) is 2.99. The number of nitrogens with zero attached hydrogens (tertiary/aromatic N) is 2. The van der Waals surface area contributed by atoms with Crippen molar-refractivity contribution in [1.29, 1.82) is 0 Å². The normalized spacial score (nSPS) is 16.3. The maximum atomic E-state index is 11.4. The van der Waals surface area contributed by atoms with Gasteiger partial charge in [-0.25, -0.2) is 0 Å². The largest absolute Gasteiger partial charge is 0.480 e. The average Bonchev–Trinajstić information content (AvgIpc) is 2.98. The predicted octanol–water partition coefficient (Wildman–Crippen LogP) is 0.867. The lowest BCUT2D eigenvalue weighted by Crippen LogP contribution is -2.36. The van der Waals surface area contributed by atoms with Gasteiger partial charge in [-0.15, -0.1) is 0 Å². The number of H-pyrrole nitrogens is 1.